The molecule has 0 radical (unpaired) electrons. The zero-order valence-electron chi connectivity index (χ0n) is 19.6. The van der Waals surface area contributed by atoms with Gasteiger partial charge in [0.15, 0.2) is 0 Å². The Labute approximate surface area is 208 Å². The van der Waals surface area contributed by atoms with Crippen molar-refractivity contribution in [2.24, 2.45) is 0 Å². The average molecular weight is 500 g/mol. The third-order valence-corrected chi connectivity index (χ3v) is 5.58. The summed E-state index contributed by atoms with van der Waals surface area (Å²) in [6.45, 7) is 1.73. The van der Waals surface area contributed by atoms with Gasteiger partial charge >= 0.3 is 6.01 Å². The second-order valence-corrected chi connectivity index (χ2v) is 8.85. The largest absolute Gasteiger partial charge is 0.461 e. The Morgan fingerprint density at radius 3 is 2.83 bits per heavy atom. The molecule has 1 fully saturated rings. The van der Waals surface area contributed by atoms with Crippen molar-refractivity contribution in [1.82, 2.24) is 14.9 Å². The highest BCUT2D eigenvalue weighted by atomic mass is 35.5. The van der Waals surface area contributed by atoms with Gasteiger partial charge in [-0.15, -0.1) is 0 Å². The van der Waals surface area contributed by atoms with Crippen LogP contribution in [-0.2, 0) is 9.53 Å². The van der Waals surface area contributed by atoms with Crippen LogP contribution in [0, 0.1) is 5.82 Å². The quantitative estimate of drug-likeness (QED) is 0.409. The molecule has 2 aromatic carbocycles. The molecule has 3 aromatic rings. The van der Waals surface area contributed by atoms with E-state index in [-0.39, 0.29) is 23.0 Å². The van der Waals surface area contributed by atoms with Crippen LogP contribution >= 0.6 is 11.6 Å². The van der Waals surface area contributed by atoms with E-state index in [0.29, 0.717) is 41.2 Å². The van der Waals surface area contributed by atoms with E-state index in [1.165, 1.54) is 18.2 Å². The van der Waals surface area contributed by atoms with Gasteiger partial charge in [0.2, 0.25) is 5.91 Å². The SMILES string of the molecule is CN(C)CC=CC(=O)Nc1ccc2nc(OCC3CCCO3)nc(Nc3ccc(F)c(Cl)c3)c2c1. The van der Waals surface area contributed by atoms with Crippen molar-refractivity contribution >= 4 is 45.6 Å². The van der Waals surface area contributed by atoms with Gasteiger partial charge in [-0.05, 0) is 63.3 Å². The molecule has 1 amide bonds. The van der Waals surface area contributed by atoms with E-state index in [0.717, 1.165) is 19.4 Å². The molecule has 184 valence electrons. The fourth-order valence-corrected chi connectivity index (χ4v) is 3.73. The van der Waals surface area contributed by atoms with Crippen LogP contribution in [0.2, 0.25) is 5.02 Å². The fraction of sp³-hybridized carbons (Fsp3) is 0.320. The minimum absolute atomic E-state index is 0.0133. The maximum Gasteiger partial charge on any atom is 0.319 e. The summed E-state index contributed by atoms with van der Waals surface area (Å²) < 4.78 is 25.1. The van der Waals surface area contributed by atoms with Crippen LogP contribution < -0.4 is 15.4 Å². The van der Waals surface area contributed by atoms with Crippen molar-refractivity contribution in [3.8, 4) is 6.01 Å². The summed E-state index contributed by atoms with van der Waals surface area (Å²) in [5.74, 6) is -0.333. The number of carbonyl (C=O) groups excluding carboxylic acids is 1. The summed E-state index contributed by atoms with van der Waals surface area (Å²) in [6, 6.07) is 9.79. The van der Waals surface area contributed by atoms with Gasteiger partial charge in [-0.25, -0.2) is 4.39 Å². The molecule has 1 aromatic heterocycles. The summed E-state index contributed by atoms with van der Waals surface area (Å²) in [5, 5.41) is 6.64. The standard InChI is InChI=1S/C25H27ClFN5O3/c1-32(2)11-3-6-23(33)28-16-8-10-22-19(13-16)24(29-17-7-9-21(27)20(26)14-17)31-25(30-22)35-15-18-5-4-12-34-18/h3,6-10,13-14,18H,4-5,11-12,15H2,1-2H3,(H,28,33)(H,29,30,31). The van der Waals surface area contributed by atoms with Gasteiger partial charge < -0.3 is 25.0 Å². The number of likely N-dealkylation sites (N-methyl/N-ethyl adjacent to an activating group) is 1. The van der Waals surface area contributed by atoms with Crippen LogP contribution in [0.25, 0.3) is 10.9 Å². The third-order valence-electron chi connectivity index (χ3n) is 5.29. The van der Waals surface area contributed by atoms with Crippen LogP contribution in [0.15, 0.2) is 48.6 Å². The third kappa shape index (κ3) is 6.88. The molecular weight excluding hydrogens is 473 g/mol. The molecule has 1 aliphatic rings. The van der Waals surface area contributed by atoms with Crippen molar-refractivity contribution < 1.29 is 18.7 Å². The van der Waals surface area contributed by atoms with E-state index in [9.17, 15) is 9.18 Å². The van der Waals surface area contributed by atoms with E-state index in [1.807, 2.05) is 19.0 Å². The Morgan fingerprint density at radius 1 is 1.26 bits per heavy atom. The Morgan fingerprint density at radius 2 is 2.09 bits per heavy atom. The van der Waals surface area contributed by atoms with Gasteiger partial charge in [0.25, 0.3) is 0 Å². The molecule has 1 aliphatic heterocycles. The first-order valence-corrected chi connectivity index (χ1v) is 11.7. The normalized spacial score (nSPS) is 15.7. The molecular formula is C25H27ClFN5O3. The lowest BCUT2D eigenvalue weighted by atomic mass is 10.2. The van der Waals surface area contributed by atoms with E-state index < -0.39 is 5.82 Å². The molecule has 0 aliphatic carbocycles. The maximum atomic E-state index is 13.6. The summed E-state index contributed by atoms with van der Waals surface area (Å²) >= 11 is 5.95. The van der Waals surface area contributed by atoms with Crippen LogP contribution in [0.3, 0.4) is 0 Å². The first-order chi connectivity index (χ1) is 16.9. The number of halogens is 2. The number of fused-ring (bicyclic) bond motifs is 1. The van der Waals surface area contributed by atoms with Crippen LogP contribution in [0.4, 0.5) is 21.6 Å². The number of aromatic nitrogens is 2. The average Bonchev–Trinajstić information content (AvgIpc) is 3.34. The van der Waals surface area contributed by atoms with Crippen molar-refractivity contribution in [1.29, 1.82) is 0 Å². The van der Waals surface area contributed by atoms with Gasteiger partial charge in [-0.1, -0.05) is 17.7 Å². The Hall–Kier alpha value is -3.27. The predicted octanol–water partition coefficient (Wildman–Crippen LogP) is 4.78. The number of hydrogen-bond donors (Lipinski definition) is 2. The number of anilines is 3. The zero-order chi connectivity index (χ0) is 24.8. The van der Waals surface area contributed by atoms with E-state index in [2.05, 4.69) is 20.6 Å². The second kappa shape index (κ2) is 11.4. The van der Waals surface area contributed by atoms with Gasteiger partial charge in [0, 0.05) is 36.0 Å². The lowest BCUT2D eigenvalue weighted by Crippen LogP contribution is -2.17. The lowest BCUT2D eigenvalue weighted by molar-refractivity contribution is -0.111. The van der Waals surface area contributed by atoms with Gasteiger partial charge in [0.05, 0.1) is 16.6 Å². The molecule has 1 atom stereocenters. The van der Waals surface area contributed by atoms with Gasteiger partial charge in [-0.3, -0.25) is 4.79 Å². The number of amides is 1. The predicted molar refractivity (Wildman–Crippen MR) is 135 cm³/mol. The van der Waals surface area contributed by atoms with E-state index >= 15 is 0 Å². The Balaban J connectivity index is 1.62. The number of carbonyl (C=O) groups is 1. The summed E-state index contributed by atoms with van der Waals surface area (Å²) in [4.78, 5) is 23.3. The van der Waals surface area contributed by atoms with Crippen LogP contribution in [-0.4, -0.2) is 60.7 Å². The molecule has 4 rings (SSSR count). The number of rotatable bonds is 9. The minimum Gasteiger partial charge on any atom is -0.461 e. The molecule has 1 saturated heterocycles. The minimum atomic E-state index is -0.516. The number of benzene rings is 2. The summed E-state index contributed by atoms with van der Waals surface area (Å²) in [5.41, 5.74) is 1.73. The van der Waals surface area contributed by atoms with Gasteiger partial charge in [0.1, 0.15) is 18.2 Å². The molecule has 8 nitrogen and oxygen atoms in total. The Bertz CT molecular complexity index is 1230. The highest BCUT2D eigenvalue weighted by Crippen LogP contribution is 2.30. The highest BCUT2D eigenvalue weighted by molar-refractivity contribution is 6.31. The maximum absolute atomic E-state index is 13.6. The number of nitrogens with zero attached hydrogens (tertiary/aromatic N) is 3. The summed E-state index contributed by atoms with van der Waals surface area (Å²) in [6.07, 6.45) is 5.22. The van der Waals surface area contributed by atoms with E-state index in [1.54, 1.807) is 30.3 Å². The second-order valence-electron chi connectivity index (χ2n) is 8.44. The number of hydrogen-bond acceptors (Lipinski definition) is 7. The van der Waals surface area contributed by atoms with Crippen molar-refractivity contribution in [2.45, 2.75) is 18.9 Å². The fourth-order valence-electron chi connectivity index (χ4n) is 3.55. The van der Waals surface area contributed by atoms with Crippen molar-refractivity contribution in [3.05, 3.63) is 59.4 Å². The van der Waals surface area contributed by atoms with Crippen LogP contribution in [0.5, 0.6) is 6.01 Å². The molecule has 0 saturated carbocycles. The zero-order valence-corrected chi connectivity index (χ0v) is 20.3. The first-order valence-electron chi connectivity index (χ1n) is 11.3. The summed E-state index contributed by atoms with van der Waals surface area (Å²) in [7, 11) is 3.85. The highest BCUT2D eigenvalue weighted by Gasteiger charge is 2.18. The van der Waals surface area contributed by atoms with Crippen molar-refractivity contribution in [2.75, 3.05) is 44.5 Å². The van der Waals surface area contributed by atoms with Crippen molar-refractivity contribution in [3.63, 3.8) is 0 Å². The molecule has 10 heteroatoms. The van der Waals surface area contributed by atoms with Gasteiger partial charge in [-0.2, -0.15) is 9.97 Å². The first kappa shape index (κ1) is 24.8. The molecule has 0 spiro atoms. The topological polar surface area (TPSA) is 88.6 Å². The monoisotopic (exact) mass is 499 g/mol. The molecule has 1 unspecified atom stereocenters. The number of ether oxygens (including phenoxy) is 2. The Kier molecular flexibility index (Phi) is 8.12. The lowest BCUT2D eigenvalue weighted by Gasteiger charge is -2.14. The molecule has 2 heterocycles. The number of nitrogens with one attached hydrogen (secondary N) is 2. The molecule has 0 bridgehead atoms. The van der Waals surface area contributed by atoms with E-state index in [4.69, 9.17) is 21.1 Å². The molecule has 35 heavy (non-hydrogen) atoms. The molecule has 2 N–H and O–H groups in total. The van der Waals surface area contributed by atoms with Crippen LogP contribution in [0.1, 0.15) is 12.8 Å². The smallest absolute Gasteiger partial charge is 0.319 e.